The molecular weight excluding hydrogens is 248 g/mol. The van der Waals surface area contributed by atoms with Gasteiger partial charge in [-0.15, -0.1) is 0 Å². The summed E-state index contributed by atoms with van der Waals surface area (Å²) in [6, 6.07) is 15.9. The predicted molar refractivity (Wildman–Crippen MR) is 85.0 cm³/mol. The van der Waals surface area contributed by atoms with E-state index < -0.39 is 0 Å². The van der Waals surface area contributed by atoms with Crippen LogP contribution in [0.3, 0.4) is 0 Å². The molecule has 0 unspecified atom stereocenters. The molecule has 0 saturated heterocycles. The van der Waals surface area contributed by atoms with Crippen LogP contribution in [0.2, 0.25) is 0 Å². The Morgan fingerprint density at radius 3 is 2.50 bits per heavy atom. The number of unbranched alkanes of at least 4 members (excludes halogenated alkanes) is 1. The highest BCUT2D eigenvalue weighted by Gasteiger charge is 1.99. The summed E-state index contributed by atoms with van der Waals surface area (Å²) >= 11 is 0. The van der Waals surface area contributed by atoms with Crippen molar-refractivity contribution in [3.63, 3.8) is 0 Å². The molecule has 2 aromatic rings. The molecule has 0 aromatic heterocycles. The Morgan fingerprint density at radius 1 is 1.05 bits per heavy atom. The van der Waals surface area contributed by atoms with Crippen LogP contribution in [0.1, 0.15) is 25.3 Å². The number of hydrogen-bond acceptors (Lipinski definition) is 3. The number of anilines is 2. The lowest BCUT2D eigenvalue weighted by Crippen LogP contribution is -2.02. The molecule has 0 fully saturated rings. The zero-order chi connectivity index (χ0) is 14.2. The van der Waals surface area contributed by atoms with Gasteiger partial charge in [0.1, 0.15) is 5.75 Å². The Bertz CT molecular complexity index is 523. The van der Waals surface area contributed by atoms with Crippen LogP contribution in [-0.4, -0.2) is 6.61 Å². The number of nitrogens with two attached hydrogens (primary N) is 1. The number of nitrogens with one attached hydrogen (secondary N) is 1. The number of nitrogen functional groups attached to an aromatic ring is 1. The van der Waals surface area contributed by atoms with Gasteiger partial charge in [-0.3, -0.25) is 0 Å². The van der Waals surface area contributed by atoms with Crippen LogP contribution >= 0.6 is 0 Å². The van der Waals surface area contributed by atoms with E-state index in [9.17, 15) is 0 Å². The van der Waals surface area contributed by atoms with Crippen molar-refractivity contribution in [2.24, 2.45) is 0 Å². The van der Waals surface area contributed by atoms with Crippen LogP contribution in [0.4, 0.5) is 11.4 Å². The second-order valence-corrected chi connectivity index (χ2v) is 4.78. The van der Waals surface area contributed by atoms with Gasteiger partial charge in [0.2, 0.25) is 0 Å². The normalized spacial score (nSPS) is 10.2. The third kappa shape index (κ3) is 4.19. The smallest absolute Gasteiger partial charge is 0.119 e. The second-order valence-electron chi connectivity index (χ2n) is 4.78. The minimum atomic E-state index is 0.725. The first-order chi connectivity index (χ1) is 9.79. The van der Waals surface area contributed by atoms with Crippen LogP contribution in [0.25, 0.3) is 0 Å². The maximum Gasteiger partial charge on any atom is 0.119 e. The van der Waals surface area contributed by atoms with E-state index in [1.54, 1.807) is 0 Å². The summed E-state index contributed by atoms with van der Waals surface area (Å²) in [6.45, 7) is 3.66. The van der Waals surface area contributed by atoms with Crippen LogP contribution in [0.15, 0.2) is 48.5 Å². The molecule has 0 spiro atoms. The van der Waals surface area contributed by atoms with E-state index >= 15 is 0 Å². The number of para-hydroxylation sites is 1. The highest BCUT2D eigenvalue weighted by atomic mass is 16.5. The Balaban J connectivity index is 1.86. The van der Waals surface area contributed by atoms with Gasteiger partial charge in [0.25, 0.3) is 0 Å². The fraction of sp³-hybridized carbons (Fsp3) is 0.294. The van der Waals surface area contributed by atoms with Gasteiger partial charge >= 0.3 is 0 Å². The van der Waals surface area contributed by atoms with Gasteiger partial charge in [-0.1, -0.05) is 31.5 Å². The molecule has 2 rings (SSSR count). The molecule has 3 nitrogen and oxygen atoms in total. The van der Waals surface area contributed by atoms with E-state index in [1.165, 1.54) is 0 Å². The molecule has 0 amide bonds. The van der Waals surface area contributed by atoms with Gasteiger partial charge in [-0.2, -0.15) is 0 Å². The first kappa shape index (κ1) is 14.3. The number of rotatable bonds is 7. The first-order valence-electron chi connectivity index (χ1n) is 7.09. The predicted octanol–water partition coefficient (Wildman–Crippen LogP) is 4.06. The summed E-state index contributed by atoms with van der Waals surface area (Å²) in [5, 5.41) is 3.36. The fourth-order valence-corrected chi connectivity index (χ4v) is 1.90. The number of hydrogen-bond donors (Lipinski definition) is 2. The summed E-state index contributed by atoms with van der Waals surface area (Å²) in [5.41, 5.74) is 8.91. The summed E-state index contributed by atoms with van der Waals surface area (Å²) in [7, 11) is 0. The van der Waals surface area contributed by atoms with Gasteiger partial charge in [-0.05, 0) is 42.3 Å². The Labute approximate surface area is 120 Å². The summed E-state index contributed by atoms with van der Waals surface area (Å²) < 4.78 is 5.64. The van der Waals surface area contributed by atoms with Crippen molar-refractivity contribution in [3.8, 4) is 5.75 Å². The molecule has 0 heterocycles. The standard InChI is InChI=1S/C17H22N2O/c1-2-3-12-20-16-10-8-15(9-11-16)19-13-14-6-4-5-7-17(14)18/h4-11,19H,2-3,12-13,18H2,1H3. The van der Waals surface area contributed by atoms with Crippen molar-refractivity contribution in [1.29, 1.82) is 0 Å². The molecule has 0 aliphatic heterocycles. The molecule has 106 valence electrons. The fourth-order valence-electron chi connectivity index (χ4n) is 1.90. The van der Waals surface area contributed by atoms with Crippen molar-refractivity contribution in [3.05, 3.63) is 54.1 Å². The van der Waals surface area contributed by atoms with E-state index in [1.807, 2.05) is 48.5 Å². The molecule has 20 heavy (non-hydrogen) atoms. The minimum absolute atomic E-state index is 0.725. The zero-order valence-corrected chi connectivity index (χ0v) is 11.9. The summed E-state index contributed by atoms with van der Waals surface area (Å²) in [6.07, 6.45) is 2.24. The second kappa shape index (κ2) is 7.43. The quantitative estimate of drug-likeness (QED) is 0.589. The molecular formula is C17H22N2O. The Morgan fingerprint density at radius 2 is 1.80 bits per heavy atom. The molecule has 0 atom stereocenters. The van der Waals surface area contributed by atoms with Crippen LogP contribution < -0.4 is 15.8 Å². The van der Waals surface area contributed by atoms with Crippen LogP contribution in [0, 0.1) is 0 Å². The molecule has 0 aliphatic carbocycles. The number of benzene rings is 2. The monoisotopic (exact) mass is 270 g/mol. The maximum absolute atomic E-state index is 5.92. The van der Waals surface area contributed by atoms with Gasteiger partial charge in [0.15, 0.2) is 0 Å². The summed E-state index contributed by atoms with van der Waals surface area (Å²) in [5.74, 6) is 0.920. The van der Waals surface area contributed by atoms with E-state index in [2.05, 4.69) is 12.2 Å². The molecule has 2 aromatic carbocycles. The van der Waals surface area contributed by atoms with Crippen LogP contribution in [0.5, 0.6) is 5.75 Å². The van der Waals surface area contributed by atoms with Crippen molar-refractivity contribution >= 4 is 11.4 Å². The average molecular weight is 270 g/mol. The van der Waals surface area contributed by atoms with Gasteiger partial charge < -0.3 is 15.8 Å². The van der Waals surface area contributed by atoms with E-state index in [-0.39, 0.29) is 0 Å². The van der Waals surface area contributed by atoms with E-state index in [0.717, 1.165) is 48.7 Å². The van der Waals surface area contributed by atoms with E-state index in [0.29, 0.717) is 0 Å². The summed E-state index contributed by atoms with van der Waals surface area (Å²) in [4.78, 5) is 0. The number of ether oxygens (including phenoxy) is 1. The molecule has 0 radical (unpaired) electrons. The lowest BCUT2D eigenvalue weighted by molar-refractivity contribution is 0.309. The third-order valence-electron chi connectivity index (χ3n) is 3.16. The maximum atomic E-state index is 5.92. The Kier molecular flexibility index (Phi) is 5.30. The average Bonchev–Trinajstić information content (AvgIpc) is 2.48. The van der Waals surface area contributed by atoms with Crippen molar-refractivity contribution in [2.45, 2.75) is 26.3 Å². The first-order valence-corrected chi connectivity index (χ1v) is 7.09. The molecule has 3 N–H and O–H groups in total. The van der Waals surface area contributed by atoms with Gasteiger partial charge in [0, 0.05) is 17.9 Å². The SMILES string of the molecule is CCCCOc1ccc(NCc2ccccc2N)cc1. The zero-order valence-electron chi connectivity index (χ0n) is 11.9. The topological polar surface area (TPSA) is 47.3 Å². The lowest BCUT2D eigenvalue weighted by Gasteiger charge is -2.10. The van der Waals surface area contributed by atoms with E-state index in [4.69, 9.17) is 10.5 Å². The lowest BCUT2D eigenvalue weighted by atomic mass is 10.2. The molecule has 0 aliphatic rings. The highest BCUT2D eigenvalue weighted by Crippen LogP contribution is 2.18. The van der Waals surface area contributed by atoms with Gasteiger partial charge in [0.05, 0.1) is 6.61 Å². The minimum Gasteiger partial charge on any atom is -0.494 e. The van der Waals surface area contributed by atoms with Crippen molar-refractivity contribution in [1.82, 2.24) is 0 Å². The Hall–Kier alpha value is -2.16. The van der Waals surface area contributed by atoms with Crippen LogP contribution in [-0.2, 0) is 6.54 Å². The molecule has 0 saturated carbocycles. The third-order valence-corrected chi connectivity index (χ3v) is 3.16. The molecule has 3 heteroatoms. The van der Waals surface area contributed by atoms with Crippen molar-refractivity contribution < 1.29 is 4.74 Å². The largest absolute Gasteiger partial charge is 0.494 e. The molecule has 0 bridgehead atoms. The van der Waals surface area contributed by atoms with Crippen molar-refractivity contribution in [2.75, 3.05) is 17.7 Å². The highest BCUT2D eigenvalue weighted by molar-refractivity contribution is 5.51. The van der Waals surface area contributed by atoms with Gasteiger partial charge in [-0.25, -0.2) is 0 Å².